The van der Waals surface area contributed by atoms with Gasteiger partial charge in [0.25, 0.3) is 0 Å². The van der Waals surface area contributed by atoms with Crippen molar-refractivity contribution in [3.63, 3.8) is 0 Å². The highest BCUT2D eigenvalue weighted by Crippen LogP contribution is 2.22. The molecular formula is C14H22BrN3O2S. The van der Waals surface area contributed by atoms with Crippen molar-refractivity contribution in [3.8, 4) is 0 Å². The zero-order valence-electron chi connectivity index (χ0n) is 12.4. The van der Waals surface area contributed by atoms with Gasteiger partial charge in [0.05, 0.1) is 0 Å². The fourth-order valence-corrected chi connectivity index (χ4v) is 4.74. The summed E-state index contributed by atoms with van der Waals surface area (Å²) in [7, 11) is -3.52. The highest BCUT2D eigenvalue weighted by atomic mass is 79.9. The van der Waals surface area contributed by atoms with Crippen molar-refractivity contribution >= 4 is 26.0 Å². The summed E-state index contributed by atoms with van der Waals surface area (Å²) in [4.78, 5) is 4.21. The Bertz CT molecular complexity index is 571. The SMILES string of the molecule is CC(C)N(CC1CCCCN1)S(=O)(=O)c1cncc(Br)c1. The second-order valence-corrected chi connectivity index (χ2v) is 8.46. The van der Waals surface area contributed by atoms with Gasteiger partial charge in [0.15, 0.2) is 0 Å². The molecule has 0 bridgehead atoms. The lowest BCUT2D eigenvalue weighted by Gasteiger charge is -2.32. The number of piperidine rings is 1. The largest absolute Gasteiger partial charge is 0.313 e. The summed E-state index contributed by atoms with van der Waals surface area (Å²) in [6.07, 6.45) is 6.34. The molecule has 2 heterocycles. The second-order valence-electron chi connectivity index (χ2n) is 5.65. The van der Waals surface area contributed by atoms with Gasteiger partial charge in [-0.05, 0) is 55.2 Å². The van der Waals surface area contributed by atoms with Crippen LogP contribution in [0.2, 0.25) is 0 Å². The maximum absolute atomic E-state index is 12.8. The molecule has 0 amide bonds. The molecule has 21 heavy (non-hydrogen) atoms. The fraction of sp³-hybridized carbons (Fsp3) is 0.643. The summed E-state index contributed by atoms with van der Waals surface area (Å²) in [5, 5.41) is 3.41. The van der Waals surface area contributed by atoms with E-state index in [1.807, 2.05) is 13.8 Å². The summed E-state index contributed by atoms with van der Waals surface area (Å²) in [6, 6.07) is 1.75. The molecule has 2 rings (SSSR count). The molecule has 1 saturated heterocycles. The highest BCUT2D eigenvalue weighted by molar-refractivity contribution is 9.10. The first-order chi connectivity index (χ1) is 9.91. The summed E-state index contributed by atoms with van der Waals surface area (Å²) in [6.45, 7) is 5.29. The number of hydrogen-bond acceptors (Lipinski definition) is 4. The van der Waals surface area contributed by atoms with Gasteiger partial charge in [-0.1, -0.05) is 6.42 Å². The molecule has 1 N–H and O–H groups in total. The Morgan fingerprint density at radius 2 is 2.19 bits per heavy atom. The summed E-state index contributed by atoms with van der Waals surface area (Å²) >= 11 is 3.28. The van der Waals surface area contributed by atoms with Gasteiger partial charge in [0.2, 0.25) is 10.0 Å². The highest BCUT2D eigenvalue weighted by Gasteiger charge is 2.30. The quantitative estimate of drug-likeness (QED) is 0.857. The molecule has 0 aromatic carbocycles. The van der Waals surface area contributed by atoms with E-state index < -0.39 is 10.0 Å². The Balaban J connectivity index is 2.23. The second kappa shape index (κ2) is 7.17. The molecule has 7 heteroatoms. The number of hydrogen-bond donors (Lipinski definition) is 1. The van der Waals surface area contributed by atoms with Crippen LogP contribution in [0.5, 0.6) is 0 Å². The third kappa shape index (κ3) is 4.25. The first-order valence-electron chi connectivity index (χ1n) is 7.27. The zero-order valence-corrected chi connectivity index (χ0v) is 14.8. The molecule has 0 radical (unpaired) electrons. The van der Waals surface area contributed by atoms with Crippen molar-refractivity contribution in [2.75, 3.05) is 13.1 Å². The predicted octanol–water partition coefficient (Wildman–Crippen LogP) is 2.39. The van der Waals surface area contributed by atoms with Crippen molar-refractivity contribution in [1.82, 2.24) is 14.6 Å². The molecule has 118 valence electrons. The summed E-state index contributed by atoms with van der Waals surface area (Å²) in [5.74, 6) is 0. The van der Waals surface area contributed by atoms with Crippen molar-refractivity contribution in [1.29, 1.82) is 0 Å². The Hall–Kier alpha value is -0.500. The van der Waals surface area contributed by atoms with Crippen molar-refractivity contribution in [2.45, 2.75) is 50.1 Å². The normalized spacial score (nSPS) is 20.1. The topological polar surface area (TPSA) is 62.3 Å². The standard InChI is InChI=1S/C14H22BrN3O2S/c1-11(2)18(10-13-5-3-4-6-17-13)21(19,20)14-7-12(15)8-16-9-14/h7-9,11,13,17H,3-6,10H2,1-2H3. The van der Waals surface area contributed by atoms with Gasteiger partial charge in [-0.2, -0.15) is 4.31 Å². The van der Waals surface area contributed by atoms with E-state index in [1.165, 1.54) is 12.6 Å². The minimum Gasteiger partial charge on any atom is -0.313 e. The molecule has 1 atom stereocenters. The lowest BCUT2D eigenvalue weighted by molar-refractivity contribution is 0.282. The van der Waals surface area contributed by atoms with E-state index in [1.54, 1.807) is 16.6 Å². The first kappa shape index (κ1) is 16.9. The van der Waals surface area contributed by atoms with E-state index in [2.05, 4.69) is 26.2 Å². The van der Waals surface area contributed by atoms with Crippen LogP contribution >= 0.6 is 15.9 Å². The van der Waals surface area contributed by atoms with Crippen LogP contribution in [0.4, 0.5) is 0 Å². The lowest BCUT2D eigenvalue weighted by Crippen LogP contribution is -2.48. The van der Waals surface area contributed by atoms with Gasteiger partial charge >= 0.3 is 0 Å². The van der Waals surface area contributed by atoms with Gasteiger partial charge in [-0.3, -0.25) is 4.98 Å². The molecule has 1 aliphatic heterocycles. The van der Waals surface area contributed by atoms with Crippen LogP contribution in [0.1, 0.15) is 33.1 Å². The monoisotopic (exact) mass is 375 g/mol. The van der Waals surface area contributed by atoms with Gasteiger partial charge in [-0.25, -0.2) is 8.42 Å². The van der Waals surface area contributed by atoms with E-state index >= 15 is 0 Å². The number of rotatable bonds is 5. The van der Waals surface area contributed by atoms with Gasteiger partial charge in [-0.15, -0.1) is 0 Å². The third-order valence-corrected chi connectivity index (χ3v) is 6.12. The minimum absolute atomic E-state index is 0.0855. The number of halogens is 1. The molecule has 1 aliphatic rings. The number of nitrogens with zero attached hydrogens (tertiary/aromatic N) is 2. The van der Waals surface area contributed by atoms with Crippen molar-refractivity contribution in [3.05, 3.63) is 22.9 Å². The van der Waals surface area contributed by atoms with Crippen LogP contribution in [-0.2, 0) is 10.0 Å². The molecule has 1 fully saturated rings. The van der Waals surface area contributed by atoms with Crippen LogP contribution < -0.4 is 5.32 Å². The lowest BCUT2D eigenvalue weighted by atomic mass is 10.1. The number of aromatic nitrogens is 1. The first-order valence-corrected chi connectivity index (χ1v) is 9.50. The van der Waals surface area contributed by atoms with Crippen LogP contribution in [0, 0.1) is 0 Å². The summed E-state index contributed by atoms with van der Waals surface area (Å²) < 4.78 is 27.9. The molecule has 0 saturated carbocycles. The number of nitrogens with one attached hydrogen (secondary N) is 1. The maximum Gasteiger partial charge on any atom is 0.244 e. The Labute approximate surface area is 135 Å². The minimum atomic E-state index is -3.52. The van der Waals surface area contributed by atoms with E-state index in [4.69, 9.17) is 0 Å². The maximum atomic E-state index is 12.8. The molecular weight excluding hydrogens is 354 g/mol. The summed E-state index contributed by atoms with van der Waals surface area (Å²) in [5.41, 5.74) is 0. The van der Waals surface area contributed by atoms with E-state index in [0.717, 1.165) is 19.4 Å². The third-order valence-electron chi connectivity index (χ3n) is 3.68. The molecule has 1 aromatic rings. The number of pyridine rings is 1. The van der Waals surface area contributed by atoms with Crippen LogP contribution in [0.25, 0.3) is 0 Å². The Morgan fingerprint density at radius 3 is 2.76 bits per heavy atom. The van der Waals surface area contributed by atoms with Crippen LogP contribution in [0.3, 0.4) is 0 Å². The van der Waals surface area contributed by atoms with Gasteiger partial charge in [0.1, 0.15) is 4.90 Å². The molecule has 1 unspecified atom stereocenters. The van der Waals surface area contributed by atoms with E-state index in [-0.39, 0.29) is 17.0 Å². The smallest absolute Gasteiger partial charge is 0.244 e. The van der Waals surface area contributed by atoms with Crippen LogP contribution in [-0.4, -0.2) is 42.9 Å². The average molecular weight is 376 g/mol. The Morgan fingerprint density at radius 1 is 1.43 bits per heavy atom. The fourth-order valence-electron chi connectivity index (χ4n) is 2.55. The molecule has 1 aromatic heterocycles. The van der Waals surface area contributed by atoms with Crippen LogP contribution in [0.15, 0.2) is 27.8 Å². The molecule has 0 aliphatic carbocycles. The Kier molecular flexibility index (Phi) is 5.76. The van der Waals surface area contributed by atoms with E-state index in [0.29, 0.717) is 11.0 Å². The zero-order chi connectivity index (χ0) is 15.5. The molecule has 5 nitrogen and oxygen atoms in total. The predicted molar refractivity (Wildman–Crippen MR) is 86.6 cm³/mol. The van der Waals surface area contributed by atoms with Crippen molar-refractivity contribution < 1.29 is 8.42 Å². The van der Waals surface area contributed by atoms with Crippen molar-refractivity contribution in [2.24, 2.45) is 0 Å². The average Bonchev–Trinajstić information content (AvgIpc) is 2.45. The number of sulfonamides is 1. The van der Waals surface area contributed by atoms with E-state index in [9.17, 15) is 8.42 Å². The molecule has 0 spiro atoms. The van der Waals surface area contributed by atoms with Gasteiger partial charge in [0, 0.05) is 35.5 Å². The van der Waals surface area contributed by atoms with Gasteiger partial charge < -0.3 is 5.32 Å².